The number of nitrogens with one attached hydrogen (secondary N) is 2. The minimum absolute atomic E-state index is 0.564. The number of ether oxygens (including phenoxy) is 1. The number of hydrogen-bond acceptors (Lipinski definition) is 5. The van der Waals surface area contributed by atoms with E-state index in [1.807, 2.05) is 45.2 Å². The van der Waals surface area contributed by atoms with Gasteiger partial charge in [0.1, 0.15) is 0 Å². The Kier molecular flexibility index (Phi) is 11.9. The molecule has 0 fully saturated rings. The Morgan fingerprint density at radius 1 is 1.26 bits per heavy atom. The molecule has 0 bridgehead atoms. The van der Waals surface area contributed by atoms with Gasteiger partial charge in [-0.1, -0.05) is 25.5 Å². The summed E-state index contributed by atoms with van der Waals surface area (Å²) < 4.78 is 5.73. The monoisotopic (exact) mass is 422 g/mol. The van der Waals surface area contributed by atoms with Gasteiger partial charge in [0.05, 0.1) is 6.61 Å². The normalized spacial score (nSPS) is 14.0. The van der Waals surface area contributed by atoms with E-state index >= 15 is 0 Å². The molecule has 5 heteroatoms. The van der Waals surface area contributed by atoms with Crippen molar-refractivity contribution in [2.75, 3.05) is 20.2 Å². The number of aliphatic imine (C=N–C) groups is 1. The quantitative estimate of drug-likeness (QED) is 0.313. The topological polar surface area (TPSA) is 70.4 Å². The van der Waals surface area contributed by atoms with Crippen LogP contribution in [-0.2, 0) is 0 Å². The zero-order valence-corrected chi connectivity index (χ0v) is 20.2. The molecule has 0 spiro atoms. The fourth-order valence-electron chi connectivity index (χ4n) is 3.14. The number of hydrogen-bond donors (Lipinski definition) is 2. The molecule has 31 heavy (non-hydrogen) atoms. The first-order valence-electron chi connectivity index (χ1n) is 10.9. The maximum absolute atomic E-state index is 8.29. The molecule has 0 aliphatic carbocycles. The Morgan fingerprint density at radius 3 is 2.58 bits per heavy atom. The zero-order chi connectivity index (χ0) is 23.2. The van der Waals surface area contributed by atoms with E-state index in [4.69, 9.17) is 10.1 Å². The Labute approximate surface area is 188 Å². The van der Waals surface area contributed by atoms with E-state index in [1.165, 1.54) is 0 Å². The number of rotatable bonds is 12. The second-order valence-corrected chi connectivity index (χ2v) is 7.29. The van der Waals surface area contributed by atoms with Crippen LogP contribution in [0, 0.1) is 5.41 Å². The van der Waals surface area contributed by atoms with Crippen molar-refractivity contribution in [1.29, 1.82) is 5.41 Å². The number of pyridine rings is 1. The second-order valence-electron chi connectivity index (χ2n) is 7.29. The van der Waals surface area contributed by atoms with Crippen molar-refractivity contribution in [3.63, 3.8) is 0 Å². The predicted molar refractivity (Wildman–Crippen MR) is 134 cm³/mol. The molecule has 0 amide bonds. The van der Waals surface area contributed by atoms with Crippen LogP contribution >= 0.6 is 0 Å². The first-order chi connectivity index (χ1) is 14.9. The zero-order valence-electron chi connectivity index (χ0n) is 20.2. The summed E-state index contributed by atoms with van der Waals surface area (Å²) in [6, 6.07) is 3.94. The molecule has 0 atom stereocenters. The number of aromatic nitrogens is 1. The van der Waals surface area contributed by atoms with Gasteiger partial charge in [0.25, 0.3) is 0 Å². The van der Waals surface area contributed by atoms with Gasteiger partial charge < -0.3 is 15.5 Å². The molecule has 0 aliphatic rings. The molecule has 0 aliphatic heterocycles. The molecule has 168 valence electrons. The van der Waals surface area contributed by atoms with Crippen molar-refractivity contribution in [3.05, 3.63) is 64.5 Å². The third-order valence-electron chi connectivity index (χ3n) is 4.84. The van der Waals surface area contributed by atoms with Gasteiger partial charge in [0, 0.05) is 43.0 Å². The van der Waals surface area contributed by atoms with Crippen molar-refractivity contribution in [2.45, 2.75) is 54.4 Å². The number of nitrogens with zero attached hydrogens (tertiary/aromatic N) is 2. The van der Waals surface area contributed by atoms with Crippen LogP contribution in [0.15, 0.2) is 64.0 Å². The first-order valence-corrected chi connectivity index (χ1v) is 10.9. The molecule has 0 saturated carbocycles. The van der Waals surface area contributed by atoms with Gasteiger partial charge in [0.15, 0.2) is 0 Å². The van der Waals surface area contributed by atoms with Crippen molar-refractivity contribution in [2.24, 2.45) is 4.99 Å². The minimum Gasteiger partial charge on any atom is -0.478 e. The van der Waals surface area contributed by atoms with Crippen LogP contribution in [0.4, 0.5) is 0 Å². The van der Waals surface area contributed by atoms with Crippen LogP contribution in [-0.4, -0.2) is 37.1 Å². The molecule has 1 heterocycles. The largest absolute Gasteiger partial charge is 0.478 e. The SMILES string of the molecule is C/C=C(\C=N/C)CNC(/C=C(\C)c1cccnc1OCC)=C(C)/C(=C/CCC)C(C)=N. The highest BCUT2D eigenvalue weighted by molar-refractivity contribution is 6.00. The summed E-state index contributed by atoms with van der Waals surface area (Å²) in [4.78, 5) is 8.52. The van der Waals surface area contributed by atoms with Gasteiger partial charge in [-0.3, -0.25) is 4.99 Å². The highest BCUT2D eigenvalue weighted by Gasteiger charge is 2.11. The number of allylic oxidation sites excluding steroid dienone is 6. The Morgan fingerprint density at radius 2 is 2.00 bits per heavy atom. The third-order valence-corrected chi connectivity index (χ3v) is 4.84. The van der Waals surface area contributed by atoms with E-state index in [-0.39, 0.29) is 0 Å². The van der Waals surface area contributed by atoms with E-state index in [0.717, 1.165) is 46.4 Å². The van der Waals surface area contributed by atoms with Crippen molar-refractivity contribution in [3.8, 4) is 5.88 Å². The molecule has 1 aromatic rings. The molecule has 2 N–H and O–H groups in total. The van der Waals surface area contributed by atoms with Crippen LogP contribution in [0.3, 0.4) is 0 Å². The average molecular weight is 423 g/mol. The highest BCUT2D eigenvalue weighted by Crippen LogP contribution is 2.26. The van der Waals surface area contributed by atoms with Gasteiger partial charge in [-0.05, 0) is 81.5 Å². The van der Waals surface area contributed by atoms with Gasteiger partial charge in [-0.2, -0.15) is 0 Å². The van der Waals surface area contributed by atoms with E-state index < -0.39 is 0 Å². The predicted octanol–water partition coefficient (Wildman–Crippen LogP) is 6.16. The summed E-state index contributed by atoms with van der Waals surface area (Å²) >= 11 is 0. The molecule has 1 rings (SSSR count). The maximum Gasteiger partial charge on any atom is 0.220 e. The molecule has 5 nitrogen and oxygen atoms in total. The van der Waals surface area contributed by atoms with Crippen LogP contribution in [0.2, 0.25) is 0 Å². The van der Waals surface area contributed by atoms with Gasteiger partial charge in [0.2, 0.25) is 5.88 Å². The van der Waals surface area contributed by atoms with E-state index in [9.17, 15) is 0 Å². The number of unbranched alkanes of at least 4 members (excludes halogenated alkanes) is 1. The van der Waals surface area contributed by atoms with E-state index in [2.05, 4.69) is 48.2 Å². The lowest BCUT2D eigenvalue weighted by Gasteiger charge is -2.17. The fraction of sp³-hybridized carbons (Fsp3) is 0.423. The molecule has 1 aromatic heterocycles. The smallest absolute Gasteiger partial charge is 0.220 e. The molecular weight excluding hydrogens is 384 g/mol. The molecule has 0 unspecified atom stereocenters. The lowest BCUT2D eigenvalue weighted by molar-refractivity contribution is 0.326. The third kappa shape index (κ3) is 8.36. The minimum atomic E-state index is 0.564. The first kappa shape index (κ1) is 26.1. The van der Waals surface area contributed by atoms with Gasteiger partial charge in [-0.15, -0.1) is 0 Å². The van der Waals surface area contributed by atoms with E-state index in [1.54, 1.807) is 13.2 Å². The highest BCUT2D eigenvalue weighted by atomic mass is 16.5. The van der Waals surface area contributed by atoms with Crippen molar-refractivity contribution < 1.29 is 4.74 Å². The Balaban J connectivity index is 3.51. The standard InChI is InChI=1S/C26H38N4O/c1-8-11-13-24(21(6)27)20(5)25(30-18-22(9-2)17-28-7)16-19(4)23-14-12-15-29-26(23)31-10-3/h9,12-17,27,30H,8,10-11,18H2,1-7H3/b19-16+,22-9+,24-13-,25-20+,27-21?,28-17-. The van der Waals surface area contributed by atoms with Crippen molar-refractivity contribution >= 4 is 17.5 Å². The average Bonchev–Trinajstić information content (AvgIpc) is 2.75. The van der Waals surface area contributed by atoms with E-state index in [0.29, 0.717) is 24.7 Å². The molecule has 0 radical (unpaired) electrons. The van der Waals surface area contributed by atoms with Crippen LogP contribution in [0.1, 0.15) is 59.9 Å². The summed E-state index contributed by atoms with van der Waals surface area (Å²) in [6.07, 6.45) is 11.9. The Hall–Kier alpha value is -2.95. The van der Waals surface area contributed by atoms with Gasteiger partial charge in [-0.25, -0.2) is 4.98 Å². The lowest BCUT2D eigenvalue weighted by atomic mass is 9.97. The summed E-state index contributed by atoms with van der Waals surface area (Å²) in [6.45, 7) is 13.3. The summed E-state index contributed by atoms with van der Waals surface area (Å²) in [7, 11) is 1.78. The van der Waals surface area contributed by atoms with Crippen LogP contribution in [0.25, 0.3) is 5.57 Å². The second kappa shape index (κ2) is 14.1. The maximum atomic E-state index is 8.29. The molecule has 0 saturated heterocycles. The molecule has 0 aromatic carbocycles. The van der Waals surface area contributed by atoms with Crippen LogP contribution in [0.5, 0.6) is 5.88 Å². The Bertz CT molecular complexity index is 888. The lowest BCUT2D eigenvalue weighted by Crippen LogP contribution is -2.19. The van der Waals surface area contributed by atoms with Gasteiger partial charge >= 0.3 is 0 Å². The fourth-order valence-corrected chi connectivity index (χ4v) is 3.14. The van der Waals surface area contributed by atoms with Crippen LogP contribution < -0.4 is 10.1 Å². The van der Waals surface area contributed by atoms with Crippen molar-refractivity contribution in [1.82, 2.24) is 10.3 Å². The summed E-state index contributed by atoms with van der Waals surface area (Å²) in [5, 5.41) is 11.9. The molecular formula is C26H38N4O. The summed E-state index contributed by atoms with van der Waals surface area (Å²) in [5.74, 6) is 0.632. The summed E-state index contributed by atoms with van der Waals surface area (Å²) in [5.41, 5.74) is 6.66.